The predicted octanol–water partition coefficient (Wildman–Crippen LogP) is 0.344. The number of nitrogens with zero attached hydrogens (tertiary/aromatic N) is 2. The van der Waals surface area contributed by atoms with Crippen LogP contribution in [0.5, 0.6) is 0 Å². The smallest absolute Gasteiger partial charge is 0.332 e. The zero-order valence-electron chi connectivity index (χ0n) is 10.2. The van der Waals surface area contributed by atoms with Crippen LogP contribution in [0, 0.1) is 0 Å². The van der Waals surface area contributed by atoms with Crippen molar-refractivity contribution in [2.45, 2.75) is 12.5 Å². The van der Waals surface area contributed by atoms with E-state index in [1.165, 1.54) is 4.90 Å². The van der Waals surface area contributed by atoms with Crippen molar-refractivity contribution in [2.75, 3.05) is 18.0 Å². The number of rotatable bonds is 2. The topological polar surface area (TPSA) is 69.7 Å². The number of carbonyl (C=O) groups is 3. The van der Waals surface area contributed by atoms with Gasteiger partial charge in [-0.1, -0.05) is 18.2 Å². The third-order valence-corrected chi connectivity index (χ3v) is 3.40. The predicted molar refractivity (Wildman–Crippen MR) is 67.4 cm³/mol. The van der Waals surface area contributed by atoms with Crippen molar-refractivity contribution in [2.24, 2.45) is 0 Å². The molecule has 0 aliphatic carbocycles. The number of urea groups is 1. The maximum absolute atomic E-state index is 12.3. The van der Waals surface area contributed by atoms with Gasteiger partial charge in [0, 0.05) is 12.2 Å². The Hall–Kier alpha value is -2.37. The van der Waals surface area contributed by atoms with Gasteiger partial charge in [-0.2, -0.15) is 0 Å². The highest BCUT2D eigenvalue weighted by atomic mass is 16.2. The number of nitrogens with one attached hydrogen (secondary N) is 1. The lowest BCUT2D eigenvalue weighted by molar-refractivity contribution is -0.132. The minimum atomic E-state index is -0.659. The normalized spacial score (nSPS) is 23.2. The first-order chi connectivity index (χ1) is 9.18. The molecule has 19 heavy (non-hydrogen) atoms. The number of imide groups is 1. The molecule has 1 atom stereocenters. The average Bonchev–Trinajstić information content (AvgIpc) is 2.95. The lowest BCUT2D eigenvalue weighted by Gasteiger charge is -2.20. The molecule has 1 aromatic carbocycles. The van der Waals surface area contributed by atoms with Crippen LogP contribution in [0.25, 0.3) is 0 Å². The third-order valence-electron chi connectivity index (χ3n) is 3.40. The fourth-order valence-corrected chi connectivity index (χ4v) is 2.46. The second-order valence-corrected chi connectivity index (χ2v) is 4.56. The van der Waals surface area contributed by atoms with Crippen LogP contribution in [0.15, 0.2) is 30.3 Å². The summed E-state index contributed by atoms with van der Waals surface area (Å²) < 4.78 is 0. The van der Waals surface area contributed by atoms with Crippen LogP contribution in [0.1, 0.15) is 6.42 Å². The van der Waals surface area contributed by atoms with E-state index in [1.54, 1.807) is 24.3 Å². The molecule has 0 bridgehead atoms. The standard InChI is InChI=1S/C13H13N3O3/c17-11-8-15(9-4-2-1-3-5-9)13(19)16(11)10-6-7-14-12(10)18/h1-5,10H,6-8H2,(H,14,18). The maximum atomic E-state index is 12.3. The number of carbonyl (C=O) groups excluding carboxylic acids is 3. The zero-order chi connectivity index (χ0) is 13.4. The molecule has 2 aliphatic rings. The molecule has 6 nitrogen and oxygen atoms in total. The van der Waals surface area contributed by atoms with Crippen LogP contribution in [-0.2, 0) is 9.59 Å². The van der Waals surface area contributed by atoms with E-state index in [1.807, 2.05) is 6.07 Å². The molecule has 2 aliphatic heterocycles. The number of anilines is 1. The fraction of sp³-hybridized carbons (Fsp3) is 0.308. The second kappa shape index (κ2) is 4.38. The monoisotopic (exact) mass is 259 g/mol. The number of benzene rings is 1. The molecule has 1 N–H and O–H groups in total. The van der Waals surface area contributed by atoms with Crippen molar-refractivity contribution in [3.8, 4) is 0 Å². The summed E-state index contributed by atoms with van der Waals surface area (Å²) in [4.78, 5) is 38.4. The van der Waals surface area contributed by atoms with E-state index in [0.29, 0.717) is 18.7 Å². The molecule has 2 heterocycles. The van der Waals surface area contributed by atoms with Crippen molar-refractivity contribution < 1.29 is 14.4 Å². The lowest BCUT2D eigenvalue weighted by atomic mass is 10.2. The molecular formula is C13H13N3O3. The summed E-state index contributed by atoms with van der Waals surface area (Å²) in [5, 5.41) is 2.64. The van der Waals surface area contributed by atoms with E-state index in [0.717, 1.165) is 4.90 Å². The quantitative estimate of drug-likeness (QED) is 0.779. The lowest BCUT2D eigenvalue weighted by Crippen LogP contribution is -2.45. The Kier molecular flexibility index (Phi) is 2.70. The van der Waals surface area contributed by atoms with Crippen LogP contribution < -0.4 is 10.2 Å². The second-order valence-electron chi connectivity index (χ2n) is 4.56. The van der Waals surface area contributed by atoms with E-state index in [2.05, 4.69) is 5.32 Å². The Balaban J connectivity index is 1.87. The Morgan fingerprint density at radius 3 is 2.47 bits per heavy atom. The van der Waals surface area contributed by atoms with Gasteiger partial charge >= 0.3 is 6.03 Å². The summed E-state index contributed by atoms with van der Waals surface area (Å²) >= 11 is 0. The van der Waals surface area contributed by atoms with Crippen LogP contribution in [0.2, 0.25) is 0 Å². The van der Waals surface area contributed by atoms with Crippen molar-refractivity contribution in [3.63, 3.8) is 0 Å². The first-order valence-corrected chi connectivity index (χ1v) is 6.15. The molecule has 0 saturated carbocycles. The molecule has 3 rings (SSSR count). The molecule has 4 amide bonds. The van der Waals surface area contributed by atoms with Crippen LogP contribution in [0.4, 0.5) is 10.5 Å². The average molecular weight is 259 g/mol. The molecule has 1 aromatic rings. The molecule has 0 spiro atoms. The maximum Gasteiger partial charge on any atom is 0.332 e. The van der Waals surface area contributed by atoms with Crippen molar-refractivity contribution in [1.82, 2.24) is 10.2 Å². The Morgan fingerprint density at radius 1 is 1.11 bits per heavy atom. The van der Waals surface area contributed by atoms with Gasteiger partial charge in [0.25, 0.3) is 5.91 Å². The van der Waals surface area contributed by atoms with E-state index in [-0.39, 0.29) is 18.4 Å². The molecule has 2 fully saturated rings. The number of hydrogen-bond acceptors (Lipinski definition) is 3. The van der Waals surface area contributed by atoms with Crippen LogP contribution in [-0.4, -0.2) is 41.9 Å². The van der Waals surface area contributed by atoms with Gasteiger partial charge in [0.2, 0.25) is 5.91 Å². The highest BCUT2D eigenvalue weighted by Crippen LogP contribution is 2.24. The fourth-order valence-electron chi connectivity index (χ4n) is 2.46. The number of para-hydroxylation sites is 1. The Labute approximate surface area is 110 Å². The minimum Gasteiger partial charge on any atom is -0.354 e. The van der Waals surface area contributed by atoms with Gasteiger partial charge in [-0.15, -0.1) is 0 Å². The van der Waals surface area contributed by atoms with Crippen molar-refractivity contribution >= 4 is 23.5 Å². The summed E-state index contributed by atoms with van der Waals surface area (Å²) in [7, 11) is 0. The Bertz CT molecular complexity index is 543. The van der Waals surface area contributed by atoms with Crippen LogP contribution in [0.3, 0.4) is 0 Å². The van der Waals surface area contributed by atoms with E-state index in [4.69, 9.17) is 0 Å². The molecule has 98 valence electrons. The van der Waals surface area contributed by atoms with Gasteiger partial charge in [0.05, 0.1) is 0 Å². The van der Waals surface area contributed by atoms with Gasteiger partial charge in [-0.05, 0) is 18.6 Å². The summed E-state index contributed by atoms with van der Waals surface area (Å²) in [5.74, 6) is -0.576. The van der Waals surface area contributed by atoms with Crippen molar-refractivity contribution in [1.29, 1.82) is 0 Å². The van der Waals surface area contributed by atoms with Gasteiger partial charge < -0.3 is 5.32 Å². The van der Waals surface area contributed by atoms with Gasteiger partial charge in [-0.25, -0.2) is 9.69 Å². The SMILES string of the molecule is O=C1NCCC1N1C(=O)CN(c2ccccc2)C1=O. The van der Waals surface area contributed by atoms with Gasteiger partial charge in [-0.3, -0.25) is 14.5 Å². The van der Waals surface area contributed by atoms with Gasteiger partial charge in [0.15, 0.2) is 0 Å². The summed E-state index contributed by atoms with van der Waals surface area (Å²) in [6.07, 6.45) is 0.485. The number of amides is 4. The highest BCUT2D eigenvalue weighted by Gasteiger charge is 2.45. The highest BCUT2D eigenvalue weighted by molar-refractivity contribution is 6.14. The first kappa shape index (κ1) is 11.7. The minimum absolute atomic E-state index is 0.00731. The van der Waals surface area contributed by atoms with E-state index < -0.39 is 12.1 Å². The Morgan fingerprint density at radius 2 is 1.84 bits per heavy atom. The van der Waals surface area contributed by atoms with Gasteiger partial charge in [0.1, 0.15) is 12.6 Å². The zero-order valence-corrected chi connectivity index (χ0v) is 10.2. The third kappa shape index (κ3) is 1.85. The van der Waals surface area contributed by atoms with Crippen LogP contribution >= 0.6 is 0 Å². The van der Waals surface area contributed by atoms with Crippen molar-refractivity contribution in [3.05, 3.63) is 30.3 Å². The molecule has 0 aromatic heterocycles. The summed E-state index contributed by atoms with van der Waals surface area (Å²) in [5.41, 5.74) is 0.668. The molecule has 1 unspecified atom stereocenters. The molecule has 2 saturated heterocycles. The summed E-state index contributed by atoms with van der Waals surface area (Å²) in [6, 6.07) is 7.91. The molecule has 6 heteroatoms. The molecular weight excluding hydrogens is 246 g/mol. The first-order valence-electron chi connectivity index (χ1n) is 6.15. The summed E-state index contributed by atoms with van der Waals surface area (Å²) in [6.45, 7) is 0.499. The largest absolute Gasteiger partial charge is 0.354 e. The number of hydrogen-bond donors (Lipinski definition) is 1. The van der Waals surface area contributed by atoms with E-state index >= 15 is 0 Å². The molecule has 0 radical (unpaired) electrons. The van der Waals surface area contributed by atoms with E-state index in [9.17, 15) is 14.4 Å².